The Hall–Kier alpha value is -2.02. The van der Waals surface area contributed by atoms with Crippen LogP contribution in [0.15, 0.2) is 24.3 Å². The van der Waals surface area contributed by atoms with Gasteiger partial charge >= 0.3 is 12.1 Å². The van der Waals surface area contributed by atoms with Crippen molar-refractivity contribution < 1.29 is 23.9 Å². The number of rotatable bonds is 5. The maximum atomic E-state index is 11.9. The SMILES string of the molecule is CC(C)(C)OC(=O)N[C@H](C(=O)O)c1ccc(O[Si](C)(C)C(C)(C)C)cc1. The smallest absolute Gasteiger partial charge is 0.408 e. The Morgan fingerprint density at radius 1 is 1.04 bits per heavy atom. The molecular weight excluding hydrogens is 350 g/mol. The lowest BCUT2D eigenvalue weighted by atomic mass is 10.1. The molecule has 0 aliphatic rings. The van der Waals surface area contributed by atoms with E-state index < -0.39 is 32.0 Å². The number of nitrogens with one attached hydrogen (secondary N) is 1. The molecule has 0 aliphatic carbocycles. The molecule has 0 spiro atoms. The number of ether oxygens (including phenoxy) is 1. The second-order valence-electron chi connectivity index (χ2n) is 8.85. The van der Waals surface area contributed by atoms with Crippen LogP contribution in [0.1, 0.15) is 53.1 Å². The molecule has 0 aliphatic heterocycles. The molecule has 0 fully saturated rings. The maximum absolute atomic E-state index is 11.9. The predicted octanol–water partition coefficient (Wildman–Crippen LogP) is 4.72. The van der Waals surface area contributed by atoms with Gasteiger partial charge in [0.1, 0.15) is 11.4 Å². The van der Waals surface area contributed by atoms with Gasteiger partial charge in [-0.05, 0) is 56.6 Å². The molecule has 2 N–H and O–H groups in total. The van der Waals surface area contributed by atoms with Crippen molar-refractivity contribution in [3.8, 4) is 5.75 Å². The molecule has 0 radical (unpaired) electrons. The van der Waals surface area contributed by atoms with E-state index in [4.69, 9.17) is 9.16 Å². The number of carboxylic acids is 1. The summed E-state index contributed by atoms with van der Waals surface area (Å²) < 4.78 is 11.3. The number of hydrogen-bond donors (Lipinski definition) is 2. The van der Waals surface area contributed by atoms with Gasteiger partial charge in [-0.25, -0.2) is 9.59 Å². The zero-order chi connectivity index (χ0) is 20.3. The minimum absolute atomic E-state index is 0.0630. The first-order chi connectivity index (χ1) is 11.6. The fourth-order valence-electron chi connectivity index (χ4n) is 1.89. The van der Waals surface area contributed by atoms with Crippen molar-refractivity contribution in [2.24, 2.45) is 0 Å². The molecule has 0 bridgehead atoms. The van der Waals surface area contributed by atoms with Crippen LogP contribution in [0.3, 0.4) is 0 Å². The second-order valence-corrected chi connectivity index (χ2v) is 13.6. The summed E-state index contributed by atoms with van der Waals surface area (Å²) in [5, 5.41) is 11.9. The molecule has 146 valence electrons. The van der Waals surface area contributed by atoms with Gasteiger partial charge in [0.05, 0.1) is 0 Å². The first-order valence-electron chi connectivity index (χ1n) is 8.64. The van der Waals surface area contributed by atoms with Crippen LogP contribution >= 0.6 is 0 Å². The summed E-state index contributed by atoms with van der Waals surface area (Å²) in [7, 11) is -1.97. The molecule has 7 heteroatoms. The minimum Gasteiger partial charge on any atom is -0.544 e. The van der Waals surface area contributed by atoms with E-state index >= 15 is 0 Å². The van der Waals surface area contributed by atoms with E-state index in [1.165, 1.54) is 0 Å². The number of carbonyl (C=O) groups is 2. The van der Waals surface area contributed by atoms with Crippen molar-refractivity contribution in [1.29, 1.82) is 0 Å². The third-order valence-electron chi connectivity index (χ3n) is 4.30. The number of carboxylic acid groups (broad SMARTS) is 1. The summed E-state index contributed by atoms with van der Waals surface area (Å²) in [6.45, 7) is 15.9. The second kappa shape index (κ2) is 7.69. The number of benzene rings is 1. The number of aliphatic carboxylic acids is 1. The lowest BCUT2D eigenvalue weighted by molar-refractivity contribution is -0.139. The van der Waals surface area contributed by atoms with Gasteiger partial charge in [-0.1, -0.05) is 32.9 Å². The topological polar surface area (TPSA) is 84.9 Å². The van der Waals surface area contributed by atoms with Gasteiger partial charge in [-0.2, -0.15) is 0 Å². The first kappa shape index (κ1) is 22.0. The zero-order valence-corrected chi connectivity index (χ0v) is 18.0. The fraction of sp³-hybridized carbons (Fsp3) is 0.579. The normalized spacial score (nSPS) is 13.7. The Kier molecular flexibility index (Phi) is 6.52. The monoisotopic (exact) mass is 381 g/mol. The number of amides is 1. The van der Waals surface area contributed by atoms with E-state index in [0.29, 0.717) is 11.3 Å². The third kappa shape index (κ3) is 6.37. The summed E-state index contributed by atoms with van der Waals surface area (Å²) in [4.78, 5) is 23.4. The molecule has 0 saturated carbocycles. The molecule has 6 nitrogen and oxygen atoms in total. The van der Waals surface area contributed by atoms with Crippen molar-refractivity contribution in [2.45, 2.75) is 71.3 Å². The van der Waals surface area contributed by atoms with Gasteiger partial charge in [-0.3, -0.25) is 0 Å². The summed E-state index contributed by atoms with van der Waals surface area (Å²) >= 11 is 0. The van der Waals surface area contributed by atoms with Gasteiger partial charge in [0, 0.05) is 0 Å². The van der Waals surface area contributed by atoms with E-state index in [-0.39, 0.29) is 5.04 Å². The summed E-state index contributed by atoms with van der Waals surface area (Å²) in [6, 6.07) is 5.59. The Bertz CT molecular complexity index is 641. The fourth-order valence-corrected chi connectivity index (χ4v) is 2.92. The number of alkyl carbamates (subject to hydrolysis) is 1. The lowest BCUT2D eigenvalue weighted by Gasteiger charge is -2.36. The van der Waals surface area contributed by atoms with Crippen LogP contribution in [0.25, 0.3) is 0 Å². The Morgan fingerprint density at radius 2 is 1.54 bits per heavy atom. The summed E-state index contributed by atoms with van der Waals surface area (Å²) in [6.07, 6.45) is -0.772. The third-order valence-corrected chi connectivity index (χ3v) is 8.66. The highest BCUT2D eigenvalue weighted by Gasteiger charge is 2.39. The zero-order valence-electron chi connectivity index (χ0n) is 17.0. The van der Waals surface area contributed by atoms with Crippen LogP contribution in [0, 0.1) is 0 Å². The lowest BCUT2D eigenvalue weighted by Crippen LogP contribution is -2.43. The Balaban J connectivity index is 2.93. The highest BCUT2D eigenvalue weighted by molar-refractivity contribution is 6.74. The van der Waals surface area contributed by atoms with Gasteiger partial charge < -0.3 is 19.6 Å². The van der Waals surface area contributed by atoms with E-state index in [1.54, 1.807) is 45.0 Å². The van der Waals surface area contributed by atoms with E-state index in [1.807, 2.05) is 0 Å². The van der Waals surface area contributed by atoms with Gasteiger partial charge in [-0.15, -0.1) is 0 Å². The first-order valence-corrected chi connectivity index (χ1v) is 11.5. The van der Waals surface area contributed by atoms with E-state index in [9.17, 15) is 14.7 Å². The van der Waals surface area contributed by atoms with Crippen LogP contribution < -0.4 is 9.74 Å². The largest absolute Gasteiger partial charge is 0.544 e. The minimum atomic E-state index is -1.97. The summed E-state index contributed by atoms with van der Waals surface area (Å²) in [5.74, 6) is -0.462. The molecule has 1 aromatic rings. The molecule has 1 rings (SSSR count). The van der Waals surface area contributed by atoms with Crippen molar-refractivity contribution >= 4 is 20.4 Å². The highest BCUT2D eigenvalue weighted by Crippen LogP contribution is 2.37. The van der Waals surface area contributed by atoms with Crippen LogP contribution in [0.5, 0.6) is 5.75 Å². The van der Waals surface area contributed by atoms with Crippen LogP contribution in [-0.2, 0) is 9.53 Å². The van der Waals surface area contributed by atoms with Gasteiger partial charge in [0.15, 0.2) is 6.04 Å². The standard InChI is InChI=1S/C19H31NO5Si/c1-18(2,3)24-17(23)20-15(16(21)22)13-9-11-14(12-10-13)25-26(7,8)19(4,5)6/h9-12,15H,1-8H3,(H,20,23)(H,21,22)/t15-/m0/s1. The van der Waals surface area contributed by atoms with Crippen LogP contribution in [0.2, 0.25) is 18.1 Å². The quantitative estimate of drug-likeness (QED) is 0.721. The molecule has 1 aromatic carbocycles. The number of carbonyl (C=O) groups excluding carboxylic acids is 1. The average molecular weight is 382 g/mol. The van der Waals surface area contributed by atoms with E-state index in [0.717, 1.165) is 0 Å². The predicted molar refractivity (Wildman–Crippen MR) is 104 cm³/mol. The molecule has 0 unspecified atom stereocenters. The van der Waals surface area contributed by atoms with Crippen LogP contribution in [-0.4, -0.2) is 31.1 Å². The molecule has 1 amide bonds. The molecule has 1 atom stereocenters. The van der Waals surface area contributed by atoms with Crippen molar-refractivity contribution in [1.82, 2.24) is 5.32 Å². The van der Waals surface area contributed by atoms with Crippen molar-refractivity contribution in [2.75, 3.05) is 0 Å². The Morgan fingerprint density at radius 3 is 1.92 bits per heavy atom. The highest BCUT2D eigenvalue weighted by atomic mass is 28.4. The Labute approximate surface area is 157 Å². The molecular formula is C19H31NO5Si. The molecule has 0 aromatic heterocycles. The molecule has 0 saturated heterocycles. The van der Waals surface area contributed by atoms with Crippen molar-refractivity contribution in [3.05, 3.63) is 29.8 Å². The molecule has 26 heavy (non-hydrogen) atoms. The maximum Gasteiger partial charge on any atom is 0.408 e. The van der Waals surface area contributed by atoms with Gasteiger partial charge in [0.2, 0.25) is 8.32 Å². The van der Waals surface area contributed by atoms with E-state index in [2.05, 4.69) is 39.2 Å². The average Bonchev–Trinajstić information content (AvgIpc) is 2.42. The summed E-state index contributed by atoms with van der Waals surface area (Å²) in [5.41, 5.74) is -0.250. The van der Waals surface area contributed by atoms with Gasteiger partial charge in [0.25, 0.3) is 0 Å². The molecule has 0 heterocycles. The number of hydrogen-bond acceptors (Lipinski definition) is 4. The van der Waals surface area contributed by atoms with Crippen LogP contribution in [0.4, 0.5) is 4.79 Å². The van der Waals surface area contributed by atoms with Crippen molar-refractivity contribution in [3.63, 3.8) is 0 Å².